The lowest BCUT2D eigenvalue weighted by atomic mass is 10.1. The number of nitrogens with one attached hydrogen (secondary N) is 1. The average molecular weight is 398 g/mol. The number of carbonyl (C=O) groups excluding carboxylic acids is 1. The van der Waals surface area contributed by atoms with Gasteiger partial charge in [-0.2, -0.15) is 0 Å². The molecule has 0 bridgehead atoms. The molecule has 0 radical (unpaired) electrons. The Kier molecular flexibility index (Phi) is 4.43. The molecule has 3 N–H and O–H groups in total. The maximum absolute atomic E-state index is 12.9. The van der Waals surface area contributed by atoms with Crippen LogP contribution >= 0.6 is 23.2 Å². The van der Waals surface area contributed by atoms with Gasteiger partial charge in [0, 0.05) is 39.8 Å². The average Bonchev–Trinajstić information content (AvgIpc) is 3.00. The van der Waals surface area contributed by atoms with Gasteiger partial charge in [-0.15, -0.1) is 5.10 Å². The number of anilines is 2. The van der Waals surface area contributed by atoms with E-state index < -0.39 is 0 Å². The topological polar surface area (TPSA) is 85.3 Å². The zero-order chi connectivity index (χ0) is 19.0. The summed E-state index contributed by atoms with van der Waals surface area (Å²) in [5.74, 6) is -0.227. The number of halogens is 2. The monoisotopic (exact) mass is 397 g/mol. The Morgan fingerprint density at radius 2 is 1.96 bits per heavy atom. The van der Waals surface area contributed by atoms with Crippen LogP contribution in [0.15, 0.2) is 61.1 Å². The van der Waals surface area contributed by atoms with Gasteiger partial charge in [0.1, 0.15) is 5.56 Å². The normalized spacial score (nSPS) is 10.9. The molecule has 0 saturated heterocycles. The Bertz CT molecular complexity index is 1170. The lowest BCUT2D eigenvalue weighted by molar-refractivity contribution is 0.102. The third kappa shape index (κ3) is 3.20. The van der Waals surface area contributed by atoms with E-state index in [1.807, 2.05) is 12.1 Å². The third-order valence-corrected chi connectivity index (χ3v) is 4.65. The van der Waals surface area contributed by atoms with Gasteiger partial charge in [0.25, 0.3) is 5.91 Å². The second kappa shape index (κ2) is 6.90. The van der Waals surface area contributed by atoms with Crippen LogP contribution in [0.5, 0.6) is 0 Å². The number of benzene rings is 1. The maximum Gasteiger partial charge on any atom is 0.261 e. The highest BCUT2D eigenvalue weighted by Gasteiger charge is 2.19. The second-order valence-corrected chi connectivity index (χ2v) is 6.63. The van der Waals surface area contributed by atoms with Crippen molar-refractivity contribution in [2.75, 3.05) is 11.1 Å². The van der Waals surface area contributed by atoms with Crippen LogP contribution in [0.4, 0.5) is 11.5 Å². The molecule has 0 aliphatic heterocycles. The number of pyridine rings is 2. The summed E-state index contributed by atoms with van der Waals surface area (Å²) in [5.41, 5.74) is 8.72. The molecule has 4 rings (SSSR count). The fourth-order valence-corrected chi connectivity index (χ4v) is 3.25. The van der Waals surface area contributed by atoms with Crippen molar-refractivity contribution in [3.63, 3.8) is 0 Å². The highest BCUT2D eigenvalue weighted by molar-refractivity contribution is 6.35. The number of nitrogens with zero attached hydrogens (tertiary/aromatic N) is 3. The molecule has 8 heteroatoms. The quantitative estimate of drug-likeness (QED) is 0.531. The summed E-state index contributed by atoms with van der Waals surface area (Å²) in [6, 6.07) is 12.2. The Balaban J connectivity index is 1.76. The van der Waals surface area contributed by atoms with Gasteiger partial charge in [-0.1, -0.05) is 29.3 Å². The summed E-state index contributed by atoms with van der Waals surface area (Å²) >= 11 is 12.4. The van der Waals surface area contributed by atoms with E-state index in [0.717, 1.165) is 0 Å². The van der Waals surface area contributed by atoms with Gasteiger partial charge in [-0.05, 0) is 36.4 Å². The van der Waals surface area contributed by atoms with Crippen LogP contribution in [0, 0.1) is 0 Å². The first-order valence-electron chi connectivity index (χ1n) is 7.98. The van der Waals surface area contributed by atoms with Crippen LogP contribution in [0.25, 0.3) is 16.6 Å². The number of fused-ring (bicyclic) bond motifs is 1. The van der Waals surface area contributed by atoms with Gasteiger partial charge in [-0.3, -0.25) is 9.78 Å². The van der Waals surface area contributed by atoms with Crippen LogP contribution in [-0.2, 0) is 0 Å². The highest BCUT2D eigenvalue weighted by Crippen LogP contribution is 2.35. The van der Waals surface area contributed by atoms with Crippen molar-refractivity contribution in [3.05, 3.63) is 76.7 Å². The number of hydrogen-bond donors (Lipinski definition) is 2. The molecule has 0 aliphatic carbocycles. The lowest BCUT2D eigenvalue weighted by Crippen LogP contribution is -2.14. The van der Waals surface area contributed by atoms with Crippen LogP contribution in [0.2, 0.25) is 10.0 Å². The van der Waals surface area contributed by atoms with Crippen molar-refractivity contribution >= 4 is 46.1 Å². The minimum absolute atomic E-state index is 0.148. The largest absolute Gasteiger partial charge is 0.382 e. The van der Waals surface area contributed by atoms with E-state index in [0.29, 0.717) is 37.9 Å². The zero-order valence-electron chi connectivity index (χ0n) is 13.9. The van der Waals surface area contributed by atoms with Crippen LogP contribution in [-0.4, -0.2) is 20.5 Å². The van der Waals surface area contributed by atoms with E-state index in [4.69, 9.17) is 28.9 Å². The summed E-state index contributed by atoms with van der Waals surface area (Å²) in [4.78, 5) is 17.1. The third-order valence-electron chi connectivity index (χ3n) is 4.08. The molecule has 134 valence electrons. The zero-order valence-corrected chi connectivity index (χ0v) is 15.4. The molecule has 0 unspecified atom stereocenters. The maximum atomic E-state index is 12.9. The summed E-state index contributed by atoms with van der Waals surface area (Å²) in [6.07, 6.45) is 4.93. The summed E-state index contributed by atoms with van der Waals surface area (Å²) in [7, 11) is 0. The molecule has 4 aromatic rings. The molecule has 0 atom stereocenters. The van der Waals surface area contributed by atoms with E-state index in [2.05, 4.69) is 15.4 Å². The van der Waals surface area contributed by atoms with Crippen molar-refractivity contribution in [1.82, 2.24) is 14.6 Å². The highest BCUT2D eigenvalue weighted by atomic mass is 35.5. The van der Waals surface area contributed by atoms with Crippen molar-refractivity contribution in [1.29, 1.82) is 0 Å². The minimum atomic E-state index is -0.376. The second-order valence-electron chi connectivity index (χ2n) is 5.79. The van der Waals surface area contributed by atoms with Crippen LogP contribution in [0.3, 0.4) is 0 Å². The number of amides is 1. The van der Waals surface area contributed by atoms with Crippen molar-refractivity contribution in [3.8, 4) is 11.1 Å². The predicted molar refractivity (Wildman–Crippen MR) is 107 cm³/mol. The van der Waals surface area contributed by atoms with E-state index in [1.165, 1.54) is 0 Å². The van der Waals surface area contributed by atoms with Gasteiger partial charge in [0.05, 0.1) is 11.2 Å². The van der Waals surface area contributed by atoms with E-state index >= 15 is 0 Å². The fraction of sp³-hybridized carbons (Fsp3) is 0. The van der Waals surface area contributed by atoms with Crippen LogP contribution in [0.1, 0.15) is 10.4 Å². The van der Waals surface area contributed by atoms with E-state index in [1.54, 1.807) is 53.4 Å². The lowest BCUT2D eigenvalue weighted by Gasteiger charge is -2.12. The number of hydrogen-bond acceptors (Lipinski definition) is 4. The number of nitrogen functional groups attached to an aromatic ring is 1. The first-order valence-corrected chi connectivity index (χ1v) is 8.74. The van der Waals surface area contributed by atoms with Gasteiger partial charge in [0.2, 0.25) is 0 Å². The van der Waals surface area contributed by atoms with Gasteiger partial charge < -0.3 is 11.1 Å². The molecule has 0 aliphatic rings. The molecular formula is C19H13Cl2N5O. The molecule has 3 aromatic heterocycles. The Hall–Kier alpha value is -3.09. The first kappa shape index (κ1) is 17.3. The molecule has 0 spiro atoms. The smallest absolute Gasteiger partial charge is 0.261 e. The van der Waals surface area contributed by atoms with E-state index in [-0.39, 0.29) is 11.7 Å². The Morgan fingerprint density at radius 1 is 1.11 bits per heavy atom. The Morgan fingerprint density at radius 3 is 2.81 bits per heavy atom. The number of carbonyl (C=O) groups is 1. The first-order chi connectivity index (χ1) is 13.0. The summed E-state index contributed by atoms with van der Waals surface area (Å²) in [6.45, 7) is 0. The van der Waals surface area contributed by atoms with Gasteiger partial charge in [0.15, 0.2) is 5.82 Å². The Labute approximate surface area is 164 Å². The molecule has 3 heterocycles. The van der Waals surface area contributed by atoms with Gasteiger partial charge >= 0.3 is 0 Å². The molecular weight excluding hydrogens is 385 g/mol. The molecule has 1 aromatic carbocycles. The summed E-state index contributed by atoms with van der Waals surface area (Å²) < 4.78 is 1.56. The number of rotatable bonds is 3. The van der Waals surface area contributed by atoms with Gasteiger partial charge in [-0.25, -0.2) is 4.52 Å². The fourth-order valence-electron chi connectivity index (χ4n) is 2.86. The number of nitrogens with two attached hydrogens (primary N) is 1. The molecule has 6 nitrogen and oxygen atoms in total. The van der Waals surface area contributed by atoms with Crippen molar-refractivity contribution in [2.24, 2.45) is 0 Å². The number of aromatic nitrogens is 3. The van der Waals surface area contributed by atoms with Crippen molar-refractivity contribution in [2.45, 2.75) is 0 Å². The molecule has 0 saturated carbocycles. The molecule has 0 fully saturated rings. The van der Waals surface area contributed by atoms with E-state index in [9.17, 15) is 4.79 Å². The standard InChI is InChI=1S/C19H13Cl2N5O/c20-11-4-5-14(21)12(9-11)13-10-23-7-6-15(13)24-19(27)17-16-3-1-2-8-26(16)25-18(17)22/h1-10H,(H2,22,25)(H,23,24,27). The molecule has 27 heavy (non-hydrogen) atoms. The van der Waals surface area contributed by atoms with Crippen molar-refractivity contribution < 1.29 is 4.79 Å². The SMILES string of the molecule is Nc1nn2ccccc2c1C(=O)Nc1ccncc1-c1cc(Cl)ccc1Cl. The minimum Gasteiger partial charge on any atom is -0.382 e. The predicted octanol–water partition coefficient (Wildman–Crippen LogP) is 4.54. The summed E-state index contributed by atoms with van der Waals surface area (Å²) in [5, 5.41) is 8.07. The molecule has 1 amide bonds. The van der Waals surface area contributed by atoms with Crippen LogP contribution < -0.4 is 11.1 Å².